The summed E-state index contributed by atoms with van der Waals surface area (Å²) in [7, 11) is -4.11. The van der Waals surface area contributed by atoms with Gasteiger partial charge in [-0.15, -0.1) is 0 Å². The lowest BCUT2D eigenvalue weighted by molar-refractivity contribution is -0.122. The van der Waals surface area contributed by atoms with Crippen molar-refractivity contribution in [2.75, 3.05) is 0 Å². The minimum Gasteiger partial charge on any atom is -0.274 e. The fourth-order valence-electron chi connectivity index (χ4n) is 0.968. The third-order valence-electron chi connectivity index (χ3n) is 1.89. The molecule has 0 atom stereocenters. The van der Waals surface area contributed by atoms with Gasteiger partial charge in [-0.3, -0.25) is 4.79 Å². The van der Waals surface area contributed by atoms with Gasteiger partial charge in [0.1, 0.15) is 10.7 Å². The number of hydrogen-bond acceptors (Lipinski definition) is 3. The Kier molecular flexibility index (Phi) is 3.64. The Hall–Kier alpha value is -1.43. The standard InChI is InChI=1S/C10H12FNO3S/c1-7(2)10(13)12-16(14,15)9-6-4-3-5-8(9)11/h3-7H,1-2H3,(H,12,13). The molecule has 1 aromatic rings. The fraction of sp³-hybridized carbons (Fsp3) is 0.300. The molecule has 0 heterocycles. The van der Waals surface area contributed by atoms with Gasteiger partial charge in [-0.2, -0.15) is 0 Å². The summed E-state index contributed by atoms with van der Waals surface area (Å²) < 4.78 is 38.2. The molecule has 6 heteroatoms. The van der Waals surface area contributed by atoms with E-state index in [0.717, 1.165) is 12.1 Å². The molecule has 0 saturated heterocycles. The summed E-state index contributed by atoms with van der Waals surface area (Å²) >= 11 is 0. The number of hydrogen-bond donors (Lipinski definition) is 1. The van der Waals surface area contributed by atoms with Crippen LogP contribution in [0.25, 0.3) is 0 Å². The molecule has 16 heavy (non-hydrogen) atoms. The lowest BCUT2D eigenvalue weighted by Gasteiger charge is -2.09. The van der Waals surface area contributed by atoms with Gasteiger partial charge in [-0.25, -0.2) is 17.5 Å². The Bertz CT molecular complexity index is 497. The van der Waals surface area contributed by atoms with Crippen LogP contribution in [-0.2, 0) is 14.8 Å². The van der Waals surface area contributed by atoms with E-state index in [1.807, 2.05) is 0 Å². The van der Waals surface area contributed by atoms with Crippen LogP contribution in [0.3, 0.4) is 0 Å². The molecule has 0 unspecified atom stereocenters. The number of carbonyl (C=O) groups excluding carboxylic acids is 1. The van der Waals surface area contributed by atoms with Gasteiger partial charge in [0.2, 0.25) is 5.91 Å². The highest BCUT2D eigenvalue weighted by Crippen LogP contribution is 2.13. The second-order valence-corrected chi connectivity index (χ2v) is 5.21. The SMILES string of the molecule is CC(C)C(=O)NS(=O)(=O)c1ccccc1F. The van der Waals surface area contributed by atoms with Crippen molar-refractivity contribution in [1.29, 1.82) is 0 Å². The van der Waals surface area contributed by atoms with Crippen LogP contribution in [0.5, 0.6) is 0 Å². The van der Waals surface area contributed by atoms with Crippen molar-refractivity contribution in [2.24, 2.45) is 5.92 Å². The van der Waals surface area contributed by atoms with Crippen LogP contribution in [0.2, 0.25) is 0 Å². The van der Waals surface area contributed by atoms with E-state index in [1.54, 1.807) is 18.6 Å². The highest BCUT2D eigenvalue weighted by atomic mass is 32.2. The summed E-state index contributed by atoms with van der Waals surface area (Å²) in [6.45, 7) is 3.10. The molecule has 0 radical (unpaired) electrons. The number of halogens is 1. The fourth-order valence-corrected chi connectivity index (χ4v) is 2.16. The Morgan fingerprint density at radius 1 is 1.31 bits per heavy atom. The van der Waals surface area contributed by atoms with Crippen LogP contribution in [0, 0.1) is 11.7 Å². The first-order chi connectivity index (χ1) is 7.34. The lowest BCUT2D eigenvalue weighted by Crippen LogP contribution is -2.34. The van der Waals surface area contributed by atoms with E-state index < -0.39 is 32.6 Å². The second-order valence-electron chi connectivity index (χ2n) is 3.55. The highest BCUT2D eigenvalue weighted by molar-refractivity contribution is 7.90. The summed E-state index contributed by atoms with van der Waals surface area (Å²) in [6, 6.07) is 4.88. The minimum absolute atomic E-state index is 0.485. The third kappa shape index (κ3) is 2.79. The molecule has 1 amide bonds. The number of amides is 1. The Morgan fingerprint density at radius 3 is 2.38 bits per heavy atom. The number of carbonyl (C=O) groups is 1. The summed E-state index contributed by atoms with van der Waals surface area (Å²) in [4.78, 5) is 10.7. The van der Waals surface area contributed by atoms with Crippen molar-refractivity contribution in [3.63, 3.8) is 0 Å². The van der Waals surface area contributed by atoms with E-state index >= 15 is 0 Å². The first-order valence-electron chi connectivity index (χ1n) is 4.66. The largest absolute Gasteiger partial charge is 0.274 e. The van der Waals surface area contributed by atoms with E-state index in [-0.39, 0.29) is 0 Å². The minimum atomic E-state index is -4.11. The normalized spacial score (nSPS) is 11.5. The van der Waals surface area contributed by atoms with Gasteiger partial charge in [-0.1, -0.05) is 26.0 Å². The van der Waals surface area contributed by atoms with Crippen molar-refractivity contribution in [3.8, 4) is 0 Å². The van der Waals surface area contributed by atoms with Crippen molar-refractivity contribution >= 4 is 15.9 Å². The molecular weight excluding hydrogens is 233 g/mol. The predicted octanol–water partition coefficient (Wildman–Crippen LogP) is 1.29. The summed E-state index contributed by atoms with van der Waals surface area (Å²) in [5.41, 5.74) is 0. The zero-order valence-electron chi connectivity index (χ0n) is 8.90. The van der Waals surface area contributed by atoms with E-state index in [9.17, 15) is 17.6 Å². The van der Waals surface area contributed by atoms with Gasteiger partial charge in [0.05, 0.1) is 0 Å². The molecular formula is C10H12FNO3S. The van der Waals surface area contributed by atoms with E-state index in [0.29, 0.717) is 0 Å². The van der Waals surface area contributed by atoms with Gasteiger partial charge in [0, 0.05) is 5.92 Å². The molecule has 88 valence electrons. The van der Waals surface area contributed by atoms with Gasteiger partial charge in [0.15, 0.2) is 0 Å². The smallest absolute Gasteiger partial charge is 0.266 e. The molecule has 0 spiro atoms. The number of rotatable bonds is 3. The van der Waals surface area contributed by atoms with E-state index in [4.69, 9.17) is 0 Å². The number of benzene rings is 1. The summed E-state index contributed by atoms with van der Waals surface area (Å²) in [5, 5.41) is 0. The van der Waals surface area contributed by atoms with Crippen molar-refractivity contribution < 1.29 is 17.6 Å². The van der Waals surface area contributed by atoms with Gasteiger partial charge >= 0.3 is 0 Å². The van der Waals surface area contributed by atoms with Gasteiger partial charge in [0.25, 0.3) is 10.0 Å². The molecule has 0 saturated carbocycles. The Balaban J connectivity index is 3.05. The maximum Gasteiger partial charge on any atom is 0.266 e. The zero-order valence-corrected chi connectivity index (χ0v) is 9.71. The molecule has 1 aromatic carbocycles. The first-order valence-corrected chi connectivity index (χ1v) is 6.14. The maximum atomic E-state index is 13.2. The summed E-state index contributed by atoms with van der Waals surface area (Å²) in [6.07, 6.45) is 0. The molecule has 0 bridgehead atoms. The van der Waals surface area contributed by atoms with Gasteiger partial charge in [-0.05, 0) is 12.1 Å². The third-order valence-corrected chi connectivity index (χ3v) is 3.27. The van der Waals surface area contributed by atoms with Crippen LogP contribution in [-0.4, -0.2) is 14.3 Å². The Morgan fingerprint density at radius 2 is 1.88 bits per heavy atom. The Labute approximate surface area is 93.5 Å². The van der Waals surface area contributed by atoms with Gasteiger partial charge < -0.3 is 0 Å². The molecule has 0 aliphatic heterocycles. The van der Waals surface area contributed by atoms with E-state index in [2.05, 4.69) is 0 Å². The number of nitrogens with one attached hydrogen (secondary N) is 1. The molecule has 1 N–H and O–H groups in total. The molecule has 0 aliphatic rings. The molecule has 4 nitrogen and oxygen atoms in total. The van der Waals surface area contributed by atoms with Crippen LogP contribution in [0.15, 0.2) is 29.2 Å². The molecule has 0 fully saturated rings. The van der Waals surface area contributed by atoms with Crippen LogP contribution in [0.4, 0.5) is 4.39 Å². The quantitative estimate of drug-likeness (QED) is 0.872. The van der Waals surface area contributed by atoms with Crippen molar-refractivity contribution in [2.45, 2.75) is 18.7 Å². The molecule has 1 rings (SSSR count). The van der Waals surface area contributed by atoms with E-state index in [1.165, 1.54) is 12.1 Å². The monoisotopic (exact) mass is 245 g/mol. The predicted molar refractivity (Wildman–Crippen MR) is 56.6 cm³/mol. The topological polar surface area (TPSA) is 63.2 Å². The number of sulfonamides is 1. The van der Waals surface area contributed by atoms with Crippen molar-refractivity contribution in [1.82, 2.24) is 4.72 Å². The highest BCUT2D eigenvalue weighted by Gasteiger charge is 2.22. The average molecular weight is 245 g/mol. The average Bonchev–Trinajstić information content (AvgIpc) is 2.17. The van der Waals surface area contributed by atoms with Crippen LogP contribution in [0.1, 0.15) is 13.8 Å². The van der Waals surface area contributed by atoms with Crippen LogP contribution >= 0.6 is 0 Å². The zero-order chi connectivity index (χ0) is 12.3. The lowest BCUT2D eigenvalue weighted by atomic mass is 10.2. The van der Waals surface area contributed by atoms with Crippen molar-refractivity contribution in [3.05, 3.63) is 30.1 Å². The molecule has 0 aliphatic carbocycles. The second kappa shape index (κ2) is 4.61. The maximum absolute atomic E-state index is 13.2. The first kappa shape index (κ1) is 12.6. The summed E-state index contributed by atoms with van der Waals surface area (Å²) in [5.74, 6) is -2.03. The molecule has 0 aromatic heterocycles. The van der Waals surface area contributed by atoms with Crippen LogP contribution < -0.4 is 4.72 Å².